The van der Waals surface area contributed by atoms with Gasteiger partial charge < -0.3 is 15.4 Å². The van der Waals surface area contributed by atoms with E-state index in [4.69, 9.17) is 0 Å². The quantitative estimate of drug-likeness (QED) is 0.735. The van der Waals surface area contributed by atoms with Crippen LogP contribution in [0.15, 0.2) is 24.3 Å². The van der Waals surface area contributed by atoms with E-state index in [9.17, 15) is 9.59 Å². The average Bonchev–Trinajstić information content (AvgIpc) is 2.44. The summed E-state index contributed by atoms with van der Waals surface area (Å²) in [7, 11) is 1.35. The molecule has 1 rings (SSSR count). The molecule has 0 aliphatic rings. The van der Waals surface area contributed by atoms with Crippen LogP contribution >= 0.6 is 0 Å². The molecular weight excluding hydrogens is 244 g/mol. The molecule has 19 heavy (non-hydrogen) atoms. The molecule has 0 fully saturated rings. The normalized spacial score (nSPS) is 9.79. The highest BCUT2D eigenvalue weighted by atomic mass is 16.5. The Hall–Kier alpha value is -2.04. The van der Waals surface area contributed by atoms with E-state index in [2.05, 4.69) is 15.4 Å². The smallest absolute Gasteiger partial charge is 0.325 e. The average molecular weight is 264 g/mol. The van der Waals surface area contributed by atoms with E-state index >= 15 is 0 Å². The van der Waals surface area contributed by atoms with Gasteiger partial charge in [0.1, 0.15) is 6.54 Å². The van der Waals surface area contributed by atoms with Crippen molar-refractivity contribution in [3.8, 4) is 0 Å². The lowest BCUT2D eigenvalue weighted by atomic mass is 10.2. The van der Waals surface area contributed by atoms with E-state index < -0.39 is 0 Å². The van der Waals surface area contributed by atoms with Crippen LogP contribution in [0, 0.1) is 0 Å². The Morgan fingerprint density at radius 2 is 1.89 bits per heavy atom. The Morgan fingerprint density at radius 1 is 1.21 bits per heavy atom. The molecule has 0 saturated heterocycles. The minimum Gasteiger partial charge on any atom is -0.468 e. The molecule has 0 saturated carbocycles. The molecule has 0 spiro atoms. The summed E-state index contributed by atoms with van der Waals surface area (Å²) in [6.07, 6.45) is 1.40. The number of carbonyl (C=O) groups excluding carboxylic acids is 2. The maximum absolute atomic E-state index is 11.3. The molecule has 0 unspecified atom stereocenters. The first-order valence-corrected chi connectivity index (χ1v) is 6.32. The summed E-state index contributed by atoms with van der Waals surface area (Å²) in [6, 6.07) is 7.55. The van der Waals surface area contributed by atoms with Crippen molar-refractivity contribution in [2.45, 2.75) is 26.3 Å². The first-order valence-electron chi connectivity index (χ1n) is 6.32. The lowest BCUT2D eigenvalue weighted by molar-refractivity contribution is -0.138. The molecular formula is C14H20N2O3. The molecule has 0 bridgehead atoms. The largest absolute Gasteiger partial charge is 0.468 e. The minimum absolute atomic E-state index is 0.0652. The molecule has 104 valence electrons. The topological polar surface area (TPSA) is 67.4 Å². The summed E-state index contributed by atoms with van der Waals surface area (Å²) in [5, 5.41) is 5.79. The maximum Gasteiger partial charge on any atom is 0.325 e. The third kappa shape index (κ3) is 5.90. The Labute approximate surface area is 113 Å². The molecule has 2 N–H and O–H groups in total. The van der Waals surface area contributed by atoms with Crippen LogP contribution in [0.4, 0.5) is 5.69 Å². The number of methoxy groups -OCH3 is 1. The van der Waals surface area contributed by atoms with Gasteiger partial charge in [0.15, 0.2) is 0 Å². The fourth-order valence-electron chi connectivity index (χ4n) is 1.50. The van der Waals surface area contributed by atoms with Crippen molar-refractivity contribution in [3.63, 3.8) is 0 Å². The van der Waals surface area contributed by atoms with Crippen LogP contribution in [0.3, 0.4) is 0 Å². The number of carbonyl (C=O) groups is 2. The highest BCUT2D eigenvalue weighted by molar-refractivity contribution is 5.76. The summed E-state index contributed by atoms with van der Waals surface area (Å²) in [6.45, 7) is 2.64. The van der Waals surface area contributed by atoms with Crippen LogP contribution < -0.4 is 10.6 Å². The fraction of sp³-hybridized carbons (Fsp3) is 0.429. The molecule has 0 aliphatic carbocycles. The third-order valence-corrected chi connectivity index (χ3v) is 2.59. The van der Waals surface area contributed by atoms with Crippen molar-refractivity contribution in [3.05, 3.63) is 29.8 Å². The van der Waals surface area contributed by atoms with Crippen LogP contribution in [-0.4, -0.2) is 25.5 Å². The van der Waals surface area contributed by atoms with Crippen LogP contribution in [0.25, 0.3) is 0 Å². The summed E-state index contributed by atoms with van der Waals surface area (Å²) in [5.74, 6) is -0.244. The third-order valence-electron chi connectivity index (χ3n) is 2.59. The number of rotatable bonds is 7. The van der Waals surface area contributed by atoms with E-state index in [1.54, 1.807) is 0 Å². The number of esters is 1. The lowest BCUT2D eigenvalue weighted by Crippen LogP contribution is -2.22. The molecule has 1 aromatic carbocycles. The van der Waals surface area contributed by atoms with Crippen LogP contribution in [0.5, 0.6) is 0 Å². The van der Waals surface area contributed by atoms with Crippen LogP contribution in [-0.2, 0) is 20.9 Å². The van der Waals surface area contributed by atoms with E-state index in [1.807, 2.05) is 31.2 Å². The van der Waals surface area contributed by atoms with Gasteiger partial charge in [0.25, 0.3) is 0 Å². The SMILES string of the molecule is CCCC(=O)NCc1ccc(NCC(=O)OC)cc1. The zero-order chi connectivity index (χ0) is 14.1. The summed E-state index contributed by atoms with van der Waals surface area (Å²) < 4.78 is 4.53. The van der Waals surface area contributed by atoms with Gasteiger partial charge in [-0.3, -0.25) is 9.59 Å². The lowest BCUT2D eigenvalue weighted by Gasteiger charge is -2.07. The Morgan fingerprint density at radius 3 is 2.47 bits per heavy atom. The van der Waals surface area contributed by atoms with Crippen molar-refractivity contribution in [2.24, 2.45) is 0 Å². The molecule has 1 amide bonds. The number of ether oxygens (including phenoxy) is 1. The molecule has 5 nitrogen and oxygen atoms in total. The highest BCUT2D eigenvalue weighted by Crippen LogP contribution is 2.09. The van der Waals surface area contributed by atoms with E-state index in [-0.39, 0.29) is 18.4 Å². The minimum atomic E-state index is -0.309. The van der Waals surface area contributed by atoms with E-state index in [0.29, 0.717) is 13.0 Å². The van der Waals surface area contributed by atoms with Gasteiger partial charge in [0.2, 0.25) is 5.91 Å². The second-order valence-electron chi connectivity index (χ2n) is 4.15. The molecule has 0 atom stereocenters. The van der Waals surface area contributed by atoms with E-state index in [1.165, 1.54) is 7.11 Å². The van der Waals surface area contributed by atoms with Gasteiger partial charge in [-0.15, -0.1) is 0 Å². The van der Waals surface area contributed by atoms with Gasteiger partial charge in [-0.25, -0.2) is 0 Å². The first-order chi connectivity index (χ1) is 9.15. The predicted octanol–water partition coefficient (Wildman–Crippen LogP) is 1.69. The number of anilines is 1. The zero-order valence-electron chi connectivity index (χ0n) is 11.4. The molecule has 5 heteroatoms. The van der Waals surface area contributed by atoms with Gasteiger partial charge in [-0.2, -0.15) is 0 Å². The van der Waals surface area contributed by atoms with Crippen LogP contribution in [0.2, 0.25) is 0 Å². The molecule has 0 aliphatic heterocycles. The molecule has 0 aromatic heterocycles. The van der Waals surface area contributed by atoms with Crippen molar-refractivity contribution in [1.29, 1.82) is 0 Å². The second kappa shape index (κ2) is 8.13. The number of nitrogens with one attached hydrogen (secondary N) is 2. The molecule has 0 radical (unpaired) electrons. The standard InChI is InChI=1S/C14H20N2O3/c1-3-4-13(17)16-9-11-5-7-12(8-6-11)15-10-14(18)19-2/h5-8,15H,3-4,9-10H2,1-2H3,(H,16,17). The Kier molecular flexibility index (Phi) is 6.43. The van der Waals surface area contributed by atoms with Crippen LogP contribution in [0.1, 0.15) is 25.3 Å². The van der Waals surface area contributed by atoms with Gasteiger partial charge in [-0.05, 0) is 24.1 Å². The monoisotopic (exact) mass is 264 g/mol. The number of hydrogen-bond acceptors (Lipinski definition) is 4. The van der Waals surface area contributed by atoms with Crippen molar-refractivity contribution < 1.29 is 14.3 Å². The van der Waals surface area contributed by atoms with Gasteiger partial charge >= 0.3 is 5.97 Å². The summed E-state index contributed by atoms with van der Waals surface area (Å²) in [5.41, 5.74) is 1.86. The van der Waals surface area contributed by atoms with Gasteiger partial charge in [0.05, 0.1) is 7.11 Å². The Bertz CT molecular complexity index is 415. The van der Waals surface area contributed by atoms with E-state index in [0.717, 1.165) is 17.7 Å². The van der Waals surface area contributed by atoms with Crippen molar-refractivity contribution in [1.82, 2.24) is 5.32 Å². The maximum atomic E-state index is 11.3. The number of amides is 1. The predicted molar refractivity (Wildman–Crippen MR) is 73.7 cm³/mol. The van der Waals surface area contributed by atoms with Gasteiger partial charge in [-0.1, -0.05) is 19.1 Å². The Balaban J connectivity index is 2.39. The zero-order valence-corrected chi connectivity index (χ0v) is 11.4. The number of benzene rings is 1. The number of hydrogen-bond donors (Lipinski definition) is 2. The summed E-state index contributed by atoms with van der Waals surface area (Å²) >= 11 is 0. The second-order valence-corrected chi connectivity index (χ2v) is 4.15. The van der Waals surface area contributed by atoms with Gasteiger partial charge in [0, 0.05) is 18.7 Å². The van der Waals surface area contributed by atoms with Crippen molar-refractivity contribution >= 4 is 17.6 Å². The summed E-state index contributed by atoms with van der Waals surface area (Å²) in [4.78, 5) is 22.3. The fourth-order valence-corrected chi connectivity index (χ4v) is 1.50. The molecule has 1 aromatic rings. The molecule has 0 heterocycles. The highest BCUT2D eigenvalue weighted by Gasteiger charge is 2.01. The first kappa shape index (κ1) is 15.0. The van der Waals surface area contributed by atoms with Crippen molar-refractivity contribution in [2.75, 3.05) is 19.0 Å².